The molecule has 1 aliphatic heterocycles. The van der Waals surface area contributed by atoms with Crippen LogP contribution in [0.4, 0.5) is 14.9 Å². The molecule has 1 aliphatic rings. The third-order valence-electron chi connectivity index (χ3n) is 5.18. The zero-order valence-electron chi connectivity index (χ0n) is 19.3. The Morgan fingerprint density at radius 2 is 1.92 bits per heavy atom. The lowest BCUT2D eigenvalue weighted by Crippen LogP contribution is -2.36. The number of carbonyl (C=O) groups is 3. The molecule has 11 heteroatoms. The van der Waals surface area contributed by atoms with Gasteiger partial charge in [-0.3, -0.25) is 19.3 Å². The van der Waals surface area contributed by atoms with Gasteiger partial charge < -0.3 is 14.8 Å². The van der Waals surface area contributed by atoms with E-state index in [1.54, 1.807) is 48.5 Å². The fraction of sp³-hybridized carbons (Fsp3) is 0.115. The maximum absolute atomic E-state index is 13.4. The molecule has 1 fully saturated rings. The van der Waals surface area contributed by atoms with Crippen molar-refractivity contribution in [3.63, 3.8) is 0 Å². The molecule has 0 radical (unpaired) electrons. The smallest absolute Gasteiger partial charge is 0.294 e. The van der Waals surface area contributed by atoms with E-state index in [1.807, 2.05) is 0 Å². The highest BCUT2D eigenvalue weighted by atomic mass is 79.9. The highest BCUT2D eigenvalue weighted by Crippen LogP contribution is 2.38. The molecule has 1 heterocycles. The monoisotopic (exact) mass is 604 g/mol. The van der Waals surface area contributed by atoms with Crippen LogP contribution in [0, 0.1) is 5.82 Å². The van der Waals surface area contributed by atoms with Gasteiger partial charge >= 0.3 is 0 Å². The molecular formula is C26H19BrClFN2O5S. The molecule has 3 aromatic rings. The molecule has 1 saturated heterocycles. The first-order chi connectivity index (χ1) is 17.7. The molecule has 3 amide bonds. The Kier molecular flexibility index (Phi) is 8.52. The minimum atomic E-state index is -0.596. The van der Waals surface area contributed by atoms with E-state index in [1.165, 1.54) is 25.3 Å². The van der Waals surface area contributed by atoms with Gasteiger partial charge in [-0.25, -0.2) is 4.39 Å². The Balaban J connectivity index is 1.48. The summed E-state index contributed by atoms with van der Waals surface area (Å²) in [5, 5.41) is 2.37. The molecule has 0 saturated carbocycles. The summed E-state index contributed by atoms with van der Waals surface area (Å²) in [4.78, 5) is 38.8. The third kappa shape index (κ3) is 6.51. The van der Waals surface area contributed by atoms with Crippen LogP contribution < -0.4 is 14.8 Å². The maximum Gasteiger partial charge on any atom is 0.294 e. The summed E-state index contributed by atoms with van der Waals surface area (Å²) < 4.78 is 25.2. The first kappa shape index (κ1) is 26.7. The average Bonchev–Trinajstić information content (AvgIpc) is 3.12. The predicted octanol–water partition coefficient (Wildman–Crippen LogP) is 6.50. The van der Waals surface area contributed by atoms with Crippen LogP contribution in [0.3, 0.4) is 0 Å². The quantitative estimate of drug-likeness (QED) is 0.295. The number of methoxy groups -OCH3 is 1. The van der Waals surface area contributed by atoms with Crippen LogP contribution in [0.1, 0.15) is 11.1 Å². The molecule has 0 spiro atoms. The standard InChI is InChI=1S/C26H19BrClFN2O5S/c1-35-21-10-16(18(27)12-22(21)36-14-15-5-4-6-17(29)9-15)11-23-25(33)31(26(34)37-23)13-24(32)30-20-8-3-2-7-19(20)28/h2-12H,13-14H2,1H3,(H,30,32)/b23-11+. The van der Waals surface area contributed by atoms with Gasteiger partial charge in [0.05, 0.1) is 22.7 Å². The van der Waals surface area contributed by atoms with E-state index >= 15 is 0 Å². The fourth-order valence-electron chi connectivity index (χ4n) is 3.40. The lowest BCUT2D eigenvalue weighted by molar-refractivity contribution is -0.127. The van der Waals surface area contributed by atoms with E-state index in [4.69, 9.17) is 21.1 Å². The molecule has 0 atom stereocenters. The normalized spacial score (nSPS) is 14.3. The number of thioether (sulfide) groups is 1. The Morgan fingerprint density at radius 3 is 2.65 bits per heavy atom. The Hall–Kier alpha value is -3.34. The Labute approximate surface area is 229 Å². The number of amides is 3. The summed E-state index contributed by atoms with van der Waals surface area (Å²) in [7, 11) is 1.47. The number of halogens is 3. The number of nitrogens with zero attached hydrogens (tertiary/aromatic N) is 1. The largest absolute Gasteiger partial charge is 0.493 e. The lowest BCUT2D eigenvalue weighted by Gasteiger charge is -2.14. The highest BCUT2D eigenvalue weighted by Gasteiger charge is 2.36. The van der Waals surface area contributed by atoms with Gasteiger partial charge in [0.2, 0.25) is 5.91 Å². The van der Waals surface area contributed by atoms with Crippen LogP contribution in [-0.4, -0.2) is 35.6 Å². The van der Waals surface area contributed by atoms with Crippen LogP contribution in [0.25, 0.3) is 6.08 Å². The topological polar surface area (TPSA) is 84.9 Å². The molecule has 0 aliphatic carbocycles. The molecule has 1 N–H and O–H groups in total. The summed E-state index contributed by atoms with van der Waals surface area (Å²) in [6.45, 7) is -0.334. The number of para-hydroxylation sites is 1. The number of benzene rings is 3. The minimum Gasteiger partial charge on any atom is -0.493 e. The highest BCUT2D eigenvalue weighted by molar-refractivity contribution is 9.10. The zero-order chi connectivity index (χ0) is 26.5. The fourth-order valence-corrected chi connectivity index (χ4v) is 4.84. The number of hydrogen-bond donors (Lipinski definition) is 1. The number of imide groups is 1. The van der Waals surface area contributed by atoms with Crippen LogP contribution in [0.5, 0.6) is 11.5 Å². The van der Waals surface area contributed by atoms with Crippen LogP contribution in [0.15, 0.2) is 70.0 Å². The molecule has 0 unspecified atom stereocenters. The van der Waals surface area contributed by atoms with Crippen molar-refractivity contribution in [2.75, 3.05) is 19.0 Å². The molecule has 190 valence electrons. The van der Waals surface area contributed by atoms with E-state index in [0.717, 1.165) is 16.7 Å². The van der Waals surface area contributed by atoms with Crippen molar-refractivity contribution in [3.8, 4) is 11.5 Å². The second kappa shape index (κ2) is 11.8. The van der Waals surface area contributed by atoms with Gasteiger partial charge in [-0.05, 0) is 65.4 Å². The minimum absolute atomic E-state index is 0.120. The van der Waals surface area contributed by atoms with Crippen molar-refractivity contribution in [2.45, 2.75) is 6.61 Å². The van der Waals surface area contributed by atoms with Gasteiger partial charge in [0, 0.05) is 4.47 Å². The van der Waals surface area contributed by atoms with E-state index in [9.17, 15) is 18.8 Å². The van der Waals surface area contributed by atoms with Crippen LogP contribution >= 0.6 is 39.3 Å². The first-order valence-electron chi connectivity index (χ1n) is 10.8. The Morgan fingerprint density at radius 1 is 1.14 bits per heavy atom. The van der Waals surface area contributed by atoms with Crippen molar-refractivity contribution >= 4 is 68.1 Å². The number of nitrogens with one attached hydrogen (secondary N) is 1. The van der Waals surface area contributed by atoms with Crippen molar-refractivity contribution in [2.24, 2.45) is 0 Å². The predicted molar refractivity (Wildman–Crippen MR) is 144 cm³/mol. The van der Waals surface area contributed by atoms with Gasteiger partial charge in [0.25, 0.3) is 11.1 Å². The molecule has 0 bridgehead atoms. The van der Waals surface area contributed by atoms with Crippen LogP contribution in [0.2, 0.25) is 5.02 Å². The first-order valence-corrected chi connectivity index (χ1v) is 12.8. The van der Waals surface area contributed by atoms with E-state index in [2.05, 4.69) is 21.2 Å². The number of anilines is 1. The summed E-state index contributed by atoms with van der Waals surface area (Å²) in [6.07, 6.45) is 1.53. The molecule has 4 rings (SSSR count). The molecule has 37 heavy (non-hydrogen) atoms. The van der Waals surface area contributed by atoms with Crippen molar-refractivity contribution in [1.29, 1.82) is 0 Å². The Bertz CT molecular complexity index is 1420. The molecule has 3 aromatic carbocycles. The number of carbonyl (C=O) groups excluding carboxylic acids is 3. The van der Waals surface area contributed by atoms with E-state index in [0.29, 0.717) is 37.8 Å². The number of ether oxygens (including phenoxy) is 2. The SMILES string of the molecule is COc1cc(/C=C2/SC(=O)N(CC(=O)Nc3ccccc3Cl)C2=O)c(Br)cc1OCc1cccc(F)c1. The summed E-state index contributed by atoms with van der Waals surface area (Å²) in [6, 6.07) is 16.0. The van der Waals surface area contributed by atoms with E-state index in [-0.39, 0.29) is 17.3 Å². The summed E-state index contributed by atoms with van der Waals surface area (Å²) in [5.41, 5.74) is 1.59. The summed E-state index contributed by atoms with van der Waals surface area (Å²) >= 11 is 10.2. The van der Waals surface area contributed by atoms with Crippen LogP contribution in [-0.2, 0) is 16.2 Å². The second-order valence-corrected chi connectivity index (χ2v) is 9.99. The zero-order valence-corrected chi connectivity index (χ0v) is 22.5. The third-order valence-corrected chi connectivity index (χ3v) is 7.10. The average molecular weight is 606 g/mol. The van der Waals surface area contributed by atoms with Gasteiger partial charge in [-0.1, -0.05) is 51.8 Å². The van der Waals surface area contributed by atoms with Gasteiger partial charge in [-0.2, -0.15) is 0 Å². The molecular weight excluding hydrogens is 587 g/mol. The number of rotatable bonds is 8. The summed E-state index contributed by atoms with van der Waals surface area (Å²) in [5.74, 6) is -0.731. The molecule has 7 nitrogen and oxygen atoms in total. The van der Waals surface area contributed by atoms with Gasteiger partial charge in [0.1, 0.15) is 19.0 Å². The van der Waals surface area contributed by atoms with E-state index < -0.39 is 23.6 Å². The van der Waals surface area contributed by atoms with Gasteiger partial charge in [0.15, 0.2) is 11.5 Å². The van der Waals surface area contributed by atoms with Gasteiger partial charge in [-0.15, -0.1) is 0 Å². The van der Waals surface area contributed by atoms with Crippen molar-refractivity contribution in [3.05, 3.63) is 92.0 Å². The molecule has 0 aromatic heterocycles. The maximum atomic E-state index is 13.4. The lowest BCUT2D eigenvalue weighted by atomic mass is 10.1. The second-order valence-electron chi connectivity index (χ2n) is 7.74. The van der Waals surface area contributed by atoms with Crippen molar-refractivity contribution < 1.29 is 28.2 Å². The number of hydrogen-bond acceptors (Lipinski definition) is 6. The van der Waals surface area contributed by atoms with Crippen molar-refractivity contribution in [1.82, 2.24) is 4.90 Å².